The molecule has 182 valence electrons. The highest BCUT2D eigenvalue weighted by Gasteiger charge is 2.27. The van der Waals surface area contributed by atoms with Gasteiger partial charge in [0, 0.05) is 30.9 Å². The zero-order valence-electron chi connectivity index (χ0n) is 21.4. The number of benzene rings is 1. The molecule has 0 saturated carbocycles. The highest BCUT2D eigenvalue weighted by atomic mass is 19.1. The number of hydrogen-bond acceptors (Lipinski definition) is 4. The Hall–Kier alpha value is -2.63. The third-order valence-electron chi connectivity index (χ3n) is 6.64. The summed E-state index contributed by atoms with van der Waals surface area (Å²) in [5, 5.41) is 3.53. The van der Waals surface area contributed by atoms with E-state index in [0.717, 1.165) is 62.5 Å². The summed E-state index contributed by atoms with van der Waals surface area (Å²) in [6, 6.07) is 13.2. The molecule has 3 aromatic rings. The van der Waals surface area contributed by atoms with Gasteiger partial charge in [-0.05, 0) is 86.8 Å². The first-order valence-electron chi connectivity index (χ1n) is 12.4. The molecule has 0 bridgehead atoms. The van der Waals surface area contributed by atoms with Crippen LogP contribution in [0.1, 0.15) is 67.3 Å². The summed E-state index contributed by atoms with van der Waals surface area (Å²) in [6.45, 7) is 15.4. The lowest BCUT2D eigenvalue weighted by Gasteiger charge is -2.30. The second kappa shape index (κ2) is 12.2. The van der Waals surface area contributed by atoms with Crippen LogP contribution in [0, 0.1) is 19.7 Å². The van der Waals surface area contributed by atoms with Gasteiger partial charge in [0.15, 0.2) is 0 Å². The van der Waals surface area contributed by atoms with E-state index >= 15 is 0 Å². The zero-order valence-corrected chi connectivity index (χ0v) is 21.4. The minimum absolute atomic E-state index is 0.206. The monoisotopic (exact) mass is 462 g/mol. The summed E-state index contributed by atoms with van der Waals surface area (Å²) in [5.74, 6) is -0.206. The van der Waals surface area contributed by atoms with Crippen LogP contribution in [0.15, 0.2) is 54.9 Å². The predicted molar refractivity (Wildman–Crippen MR) is 138 cm³/mol. The average molecular weight is 463 g/mol. The van der Waals surface area contributed by atoms with Crippen LogP contribution in [0.25, 0.3) is 0 Å². The molecule has 0 spiro atoms. The number of hydrogen-bond donors (Lipinski definition) is 1. The van der Waals surface area contributed by atoms with E-state index in [4.69, 9.17) is 4.98 Å². The highest BCUT2D eigenvalue weighted by molar-refractivity contribution is 5.39. The normalized spacial score (nSPS) is 11.9. The van der Waals surface area contributed by atoms with Gasteiger partial charge in [0.05, 0.1) is 11.4 Å². The van der Waals surface area contributed by atoms with Crippen molar-refractivity contribution >= 4 is 0 Å². The highest BCUT2D eigenvalue weighted by Crippen LogP contribution is 2.33. The molecule has 0 fully saturated rings. The van der Waals surface area contributed by atoms with Crippen molar-refractivity contribution in [3.8, 4) is 0 Å². The maximum atomic E-state index is 13.5. The molecule has 2 aromatic heterocycles. The zero-order chi connectivity index (χ0) is 24.6. The summed E-state index contributed by atoms with van der Waals surface area (Å²) in [5.41, 5.74) is 6.73. The molecular weight excluding hydrogens is 423 g/mol. The minimum atomic E-state index is -0.247. The first-order chi connectivity index (χ1) is 16.3. The number of aryl methyl sites for hydroxylation is 2. The molecule has 0 aliphatic carbocycles. The van der Waals surface area contributed by atoms with E-state index < -0.39 is 0 Å². The SMILES string of the molecule is CCN(CCCCNCc1ncc(C)cc1C)Cc1ncccc1C(C)(C)c1ccc(F)cc1. The Morgan fingerprint density at radius 2 is 1.76 bits per heavy atom. The van der Waals surface area contributed by atoms with Crippen LogP contribution in [0.4, 0.5) is 4.39 Å². The van der Waals surface area contributed by atoms with Crippen LogP contribution in [0.2, 0.25) is 0 Å². The molecule has 0 atom stereocenters. The number of rotatable bonds is 12. The third kappa shape index (κ3) is 6.94. The summed E-state index contributed by atoms with van der Waals surface area (Å²) in [4.78, 5) is 11.7. The number of unbranched alkanes of at least 4 members (excludes halogenated alkanes) is 1. The van der Waals surface area contributed by atoms with Crippen molar-refractivity contribution in [2.75, 3.05) is 19.6 Å². The topological polar surface area (TPSA) is 41.0 Å². The maximum Gasteiger partial charge on any atom is 0.123 e. The van der Waals surface area contributed by atoms with Gasteiger partial charge in [0.1, 0.15) is 5.82 Å². The molecule has 2 heterocycles. The van der Waals surface area contributed by atoms with Crippen LogP contribution < -0.4 is 5.32 Å². The van der Waals surface area contributed by atoms with Gasteiger partial charge < -0.3 is 5.32 Å². The smallest absolute Gasteiger partial charge is 0.123 e. The van der Waals surface area contributed by atoms with E-state index in [-0.39, 0.29) is 11.2 Å². The van der Waals surface area contributed by atoms with E-state index in [1.165, 1.54) is 28.8 Å². The van der Waals surface area contributed by atoms with Crippen molar-refractivity contribution in [1.29, 1.82) is 0 Å². The molecule has 0 saturated heterocycles. The Labute approximate surface area is 204 Å². The Morgan fingerprint density at radius 3 is 2.47 bits per heavy atom. The molecule has 4 nitrogen and oxygen atoms in total. The second-order valence-electron chi connectivity index (χ2n) is 9.66. The summed E-state index contributed by atoms with van der Waals surface area (Å²) in [6.07, 6.45) is 6.06. The number of halogens is 1. The molecule has 0 aliphatic rings. The van der Waals surface area contributed by atoms with Gasteiger partial charge in [-0.25, -0.2) is 4.39 Å². The van der Waals surface area contributed by atoms with Crippen LogP contribution in [-0.2, 0) is 18.5 Å². The lowest BCUT2D eigenvalue weighted by atomic mass is 9.77. The van der Waals surface area contributed by atoms with Gasteiger partial charge in [-0.3, -0.25) is 14.9 Å². The van der Waals surface area contributed by atoms with E-state index in [2.05, 4.69) is 62.0 Å². The van der Waals surface area contributed by atoms with Crippen LogP contribution in [0.5, 0.6) is 0 Å². The van der Waals surface area contributed by atoms with Crippen molar-refractivity contribution in [1.82, 2.24) is 20.2 Å². The van der Waals surface area contributed by atoms with Crippen molar-refractivity contribution < 1.29 is 4.39 Å². The third-order valence-corrected chi connectivity index (χ3v) is 6.64. The van der Waals surface area contributed by atoms with E-state index in [1.807, 2.05) is 30.6 Å². The van der Waals surface area contributed by atoms with Gasteiger partial charge >= 0.3 is 0 Å². The molecule has 0 unspecified atom stereocenters. The molecule has 0 radical (unpaired) electrons. The van der Waals surface area contributed by atoms with Gasteiger partial charge in [0.2, 0.25) is 0 Å². The minimum Gasteiger partial charge on any atom is -0.311 e. The largest absolute Gasteiger partial charge is 0.311 e. The average Bonchev–Trinajstić information content (AvgIpc) is 2.82. The Bertz CT molecular complexity index is 1050. The van der Waals surface area contributed by atoms with Gasteiger partial charge in [-0.1, -0.05) is 45.0 Å². The van der Waals surface area contributed by atoms with E-state index in [0.29, 0.717) is 0 Å². The first kappa shape index (κ1) is 26.0. The number of pyridine rings is 2. The van der Waals surface area contributed by atoms with E-state index in [1.54, 1.807) is 0 Å². The number of nitrogens with zero attached hydrogens (tertiary/aromatic N) is 3. The molecule has 1 aromatic carbocycles. The van der Waals surface area contributed by atoms with Gasteiger partial charge in [-0.2, -0.15) is 0 Å². The first-order valence-corrected chi connectivity index (χ1v) is 12.4. The summed E-state index contributed by atoms with van der Waals surface area (Å²) < 4.78 is 13.5. The maximum absolute atomic E-state index is 13.5. The molecule has 5 heteroatoms. The summed E-state index contributed by atoms with van der Waals surface area (Å²) in [7, 11) is 0. The Morgan fingerprint density at radius 1 is 1.00 bits per heavy atom. The fourth-order valence-corrected chi connectivity index (χ4v) is 4.44. The molecule has 1 N–H and O–H groups in total. The lowest BCUT2D eigenvalue weighted by molar-refractivity contribution is 0.268. The fourth-order valence-electron chi connectivity index (χ4n) is 4.44. The van der Waals surface area contributed by atoms with Gasteiger partial charge in [-0.15, -0.1) is 0 Å². The van der Waals surface area contributed by atoms with Crippen LogP contribution in [0.3, 0.4) is 0 Å². The van der Waals surface area contributed by atoms with Crippen molar-refractivity contribution in [3.63, 3.8) is 0 Å². The van der Waals surface area contributed by atoms with Crippen LogP contribution >= 0.6 is 0 Å². The molecule has 34 heavy (non-hydrogen) atoms. The van der Waals surface area contributed by atoms with Crippen molar-refractivity contribution in [2.24, 2.45) is 0 Å². The second-order valence-corrected chi connectivity index (χ2v) is 9.66. The van der Waals surface area contributed by atoms with E-state index in [9.17, 15) is 4.39 Å². The molecule has 3 rings (SSSR count). The lowest BCUT2D eigenvalue weighted by Crippen LogP contribution is -2.29. The summed E-state index contributed by atoms with van der Waals surface area (Å²) >= 11 is 0. The fraction of sp³-hybridized carbons (Fsp3) is 0.448. The molecule has 0 aliphatic heterocycles. The van der Waals surface area contributed by atoms with Crippen LogP contribution in [-0.4, -0.2) is 34.5 Å². The van der Waals surface area contributed by atoms with Gasteiger partial charge in [0.25, 0.3) is 0 Å². The standard InChI is InChI=1S/C29H39FN4/c1-6-34(17-8-7-15-31-20-27-23(3)18-22(2)19-33-27)21-28-26(10-9-16-32-28)29(4,5)24-11-13-25(30)14-12-24/h9-14,16,18-19,31H,6-8,15,17,20-21H2,1-5H3. The quantitative estimate of drug-likeness (QED) is 0.338. The Kier molecular flexibility index (Phi) is 9.31. The predicted octanol–water partition coefficient (Wildman–Crippen LogP) is 5.95. The Balaban J connectivity index is 1.53. The molecule has 0 amide bonds. The number of aromatic nitrogens is 2. The van der Waals surface area contributed by atoms with Crippen molar-refractivity contribution in [2.45, 2.75) is 66.0 Å². The number of nitrogens with one attached hydrogen (secondary N) is 1. The molecular formula is C29H39FN4. The van der Waals surface area contributed by atoms with Crippen molar-refractivity contribution in [3.05, 3.63) is 94.3 Å².